The van der Waals surface area contributed by atoms with Gasteiger partial charge in [-0.25, -0.2) is 0 Å². The Hall–Kier alpha value is -2.80. The third-order valence-corrected chi connectivity index (χ3v) is 5.27. The van der Waals surface area contributed by atoms with Gasteiger partial charge in [0.25, 0.3) is 0 Å². The van der Waals surface area contributed by atoms with Gasteiger partial charge >= 0.3 is 0 Å². The first-order valence-electron chi connectivity index (χ1n) is 10.0. The molecule has 6 nitrogen and oxygen atoms in total. The van der Waals surface area contributed by atoms with Crippen molar-refractivity contribution in [3.05, 3.63) is 64.5 Å². The number of thioether (sulfide) groups is 1. The minimum Gasteiger partial charge on any atom is -0.490 e. The summed E-state index contributed by atoms with van der Waals surface area (Å²) >= 11 is 1.52. The molecule has 0 N–H and O–H groups in total. The van der Waals surface area contributed by atoms with Crippen LogP contribution in [0.4, 0.5) is 0 Å². The van der Waals surface area contributed by atoms with Crippen molar-refractivity contribution in [2.45, 2.75) is 45.9 Å². The Morgan fingerprint density at radius 1 is 1.03 bits per heavy atom. The van der Waals surface area contributed by atoms with Gasteiger partial charge < -0.3 is 9.47 Å². The third kappa shape index (κ3) is 5.21. The van der Waals surface area contributed by atoms with Gasteiger partial charge in [-0.3, -0.25) is 0 Å². The number of ether oxygens (including phenoxy) is 2. The summed E-state index contributed by atoms with van der Waals surface area (Å²) in [5.41, 5.74) is 4.53. The van der Waals surface area contributed by atoms with E-state index in [0.29, 0.717) is 19.0 Å². The maximum atomic E-state index is 6.09. The van der Waals surface area contributed by atoms with Gasteiger partial charge in [0.05, 0.1) is 12.8 Å². The summed E-state index contributed by atoms with van der Waals surface area (Å²) in [7, 11) is 0. The van der Waals surface area contributed by atoms with E-state index in [2.05, 4.69) is 47.3 Å². The Morgan fingerprint density at radius 3 is 2.60 bits per heavy atom. The van der Waals surface area contributed by atoms with Crippen LogP contribution in [0.15, 0.2) is 46.7 Å². The first kappa shape index (κ1) is 21.9. The zero-order valence-corrected chi connectivity index (χ0v) is 19.0. The van der Waals surface area contributed by atoms with Crippen molar-refractivity contribution >= 4 is 18.0 Å². The summed E-state index contributed by atoms with van der Waals surface area (Å²) in [5, 5.41) is 13.7. The first-order valence-corrected chi connectivity index (χ1v) is 11.3. The number of hydrogen-bond acceptors (Lipinski definition) is 6. The molecule has 0 bridgehead atoms. The van der Waals surface area contributed by atoms with Crippen LogP contribution in [0.2, 0.25) is 0 Å². The van der Waals surface area contributed by atoms with Crippen molar-refractivity contribution in [1.82, 2.24) is 14.9 Å². The molecule has 0 saturated carbocycles. The van der Waals surface area contributed by atoms with Crippen molar-refractivity contribution < 1.29 is 9.47 Å². The SMILES string of the molecule is CCOc1cc(/C=N\n2c(CC)nnc2SC)ccc1OCc1cc(C)ccc1C. The standard InChI is InChI=1S/C23H28N4O2S/c1-6-22-25-26-23(30-5)27(22)24-14-18-10-11-20(21(13-18)28-7-2)29-15-19-12-16(3)8-9-17(19)4/h8-14H,6-7,15H2,1-5H3/b24-14-. The molecule has 1 heterocycles. The molecule has 1 aromatic heterocycles. The molecule has 0 fully saturated rings. The van der Waals surface area contributed by atoms with Gasteiger partial charge in [-0.1, -0.05) is 42.4 Å². The molecule has 0 unspecified atom stereocenters. The van der Waals surface area contributed by atoms with Crippen LogP contribution in [0.3, 0.4) is 0 Å². The highest BCUT2D eigenvalue weighted by Gasteiger charge is 2.10. The van der Waals surface area contributed by atoms with E-state index in [4.69, 9.17) is 9.47 Å². The lowest BCUT2D eigenvalue weighted by molar-refractivity contribution is 0.269. The van der Waals surface area contributed by atoms with Gasteiger partial charge in [0.2, 0.25) is 5.16 Å². The maximum Gasteiger partial charge on any atom is 0.211 e. The molecule has 0 aliphatic rings. The van der Waals surface area contributed by atoms with Crippen LogP contribution < -0.4 is 9.47 Å². The number of aryl methyl sites for hydroxylation is 3. The van der Waals surface area contributed by atoms with Crippen LogP contribution >= 0.6 is 11.8 Å². The minimum atomic E-state index is 0.499. The molecule has 30 heavy (non-hydrogen) atoms. The molecule has 0 radical (unpaired) electrons. The van der Waals surface area contributed by atoms with Crippen LogP contribution in [0, 0.1) is 13.8 Å². The third-order valence-electron chi connectivity index (χ3n) is 4.65. The predicted octanol–water partition coefficient (Wildman–Crippen LogP) is 5.04. The minimum absolute atomic E-state index is 0.499. The maximum absolute atomic E-state index is 6.09. The smallest absolute Gasteiger partial charge is 0.211 e. The first-order chi connectivity index (χ1) is 14.5. The molecule has 2 aromatic carbocycles. The van der Waals surface area contributed by atoms with Gasteiger partial charge in [0, 0.05) is 6.42 Å². The lowest BCUT2D eigenvalue weighted by Crippen LogP contribution is -2.02. The highest BCUT2D eigenvalue weighted by Crippen LogP contribution is 2.29. The van der Waals surface area contributed by atoms with Crippen molar-refractivity contribution in [2.75, 3.05) is 12.9 Å². The Morgan fingerprint density at radius 2 is 1.87 bits per heavy atom. The lowest BCUT2D eigenvalue weighted by Gasteiger charge is -2.14. The fourth-order valence-corrected chi connectivity index (χ4v) is 3.44. The Kier molecular flexibility index (Phi) is 7.52. The molecule has 7 heteroatoms. The number of aromatic nitrogens is 3. The van der Waals surface area contributed by atoms with Crippen molar-refractivity contribution in [2.24, 2.45) is 5.10 Å². The van der Waals surface area contributed by atoms with Gasteiger partial charge in [0.1, 0.15) is 6.61 Å². The van der Waals surface area contributed by atoms with Crippen LogP contribution in [0.5, 0.6) is 11.5 Å². The topological polar surface area (TPSA) is 61.5 Å². The average Bonchev–Trinajstić information content (AvgIpc) is 3.16. The molecule has 158 valence electrons. The summed E-state index contributed by atoms with van der Waals surface area (Å²) in [6.45, 7) is 9.24. The van der Waals surface area contributed by atoms with E-state index in [9.17, 15) is 0 Å². The molecule has 0 amide bonds. The van der Waals surface area contributed by atoms with E-state index in [0.717, 1.165) is 28.7 Å². The largest absolute Gasteiger partial charge is 0.490 e. The van der Waals surface area contributed by atoms with E-state index in [1.54, 1.807) is 10.9 Å². The predicted molar refractivity (Wildman–Crippen MR) is 122 cm³/mol. The number of nitrogens with zero attached hydrogens (tertiary/aromatic N) is 4. The lowest BCUT2D eigenvalue weighted by atomic mass is 10.1. The highest BCUT2D eigenvalue weighted by molar-refractivity contribution is 7.98. The van der Waals surface area contributed by atoms with Gasteiger partial charge in [-0.2, -0.15) is 9.78 Å². The van der Waals surface area contributed by atoms with E-state index < -0.39 is 0 Å². The number of hydrogen-bond donors (Lipinski definition) is 0. The van der Waals surface area contributed by atoms with Crippen LogP contribution in [0.25, 0.3) is 0 Å². The monoisotopic (exact) mass is 424 g/mol. The summed E-state index contributed by atoms with van der Waals surface area (Å²) < 4.78 is 13.7. The molecule has 0 saturated heterocycles. The van der Waals surface area contributed by atoms with Gasteiger partial charge in [-0.15, -0.1) is 10.2 Å². The van der Waals surface area contributed by atoms with Crippen LogP contribution in [-0.4, -0.2) is 34.0 Å². The Balaban J connectivity index is 1.81. The second-order valence-corrected chi connectivity index (χ2v) is 7.64. The molecule has 0 aliphatic heterocycles. The van der Waals surface area contributed by atoms with Crippen molar-refractivity contribution in [3.8, 4) is 11.5 Å². The summed E-state index contributed by atoms with van der Waals surface area (Å²) in [5.74, 6) is 2.25. The fourth-order valence-electron chi connectivity index (χ4n) is 2.99. The molecule has 0 spiro atoms. The summed E-state index contributed by atoms with van der Waals surface area (Å²) in [6.07, 6.45) is 4.52. The Bertz CT molecular complexity index is 1010. The van der Waals surface area contributed by atoms with E-state index in [-0.39, 0.29) is 0 Å². The second-order valence-electron chi connectivity index (χ2n) is 6.87. The zero-order valence-electron chi connectivity index (χ0n) is 18.2. The molecule has 0 atom stereocenters. The summed E-state index contributed by atoms with van der Waals surface area (Å²) in [4.78, 5) is 0. The van der Waals surface area contributed by atoms with Crippen molar-refractivity contribution in [3.63, 3.8) is 0 Å². The molecular weight excluding hydrogens is 396 g/mol. The van der Waals surface area contributed by atoms with E-state index in [1.165, 1.54) is 28.5 Å². The molecular formula is C23H28N4O2S. The second kappa shape index (κ2) is 10.3. The van der Waals surface area contributed by atoms with Gasteiger partial charge in [-0.05, 0) is 61.9 Å². The molecule has 3 aromatic rings. The quantitative estimate of drug-likeness (QED) is 0.356. The fraction of sp³-hybridized carbons (Fsp3) is 0.348. The van der Waals surface area contributed by atoms with E-state index >= 15 is 0 Å². The van der Waals surface area contributed by atoms with Crippen molar-refractivity contribution in [1.29, 1.82) is 0 Å². The Labute approximate surface area is 182 Å². The molecule has 3 rings (SSSR count). The normalized spacial score (nSPS) is 11.2. The number of rotatable bonds is 9. The molecule has 0 aliphatic carbocycles. The number of benzene rings is 2. The zero-order chi connectivity index (χ0) is 21.5. The van der Waals surface area contributed by atoms with E-state index in [1.807, 2.05) is 38.3 Å². The van der Waals surface area contributed by atoms with Gasteiger partial charge in [0.15, 0.2) is 17.3 Å². The van der Waals surface area contributed by atoms with Crippen LogP contribution in [-0.2, 0) is 13.0 Å². The highest BCUT2D eigenvalue weighted by atomic mass is 32.2. The average molecular weight is 425 g/mol. The van der Waals surface area contributed by atoms with Crippen LogP contribution in [0.1, 0.15) is 41.9 Å². The summed E-state index contributed by atoms with van der Waals surface area (Å²) in [6, 6.07) is 12.2.